The molecule has 2 aliphatic heterocycles. The van der Waals surface area contributed by atoms with Gasteiger partial charge in [-0.3, -0.25) is 0 Å². The molecule has 5 heteroatoms. The summed E-state index contributed by atoms with van der Waals surface area (Å²) in [5, 5.41) is 6.23. The fourth-order valence-corrected chi connectivity index (χ4v) is 3.81. The molecule has 0 radical (unpaired) electrons. The number of amides is 2. The molecule has 2 heterocycles. The van der Waals surface area contributed by atoms with Crippen LogP contribution >= 0.6 is 0 Å². The van der Waals surface area contributed by atoms with Crippen molar-refractivity contribution in [1.29, 1.82) is 0 Å². The van der Waals surface area contributed by atoms with Crippen molar-refractivity contribution in [3.8, 4) is 0 Å². The van der Waals surface area contributed by atoms with Crippen LogP contribution in [0.5, 0.6) is 0 Å². The number of likely N-dealkylation sites (tertiary alicyclic amines) is 1. The number of likely N-dealkylation sites (N-methyl/N-ethyl adjacent to an activating group) is 1. The molecular formula is C19H30N4O. The van der Waals surface area contributed by atoms with E-state index in [0.29, 0.717) is 12.0 Å². The summed E-state index contributed by atoms with van der Waals surface area (Å²) in [7, 11) is 0. The molecule has 0 aliphatic carbocycles. The van der Waals surface area contributed by atoms with E-state index in [-0.39, 0.29) is 6.03 Å². The monoisotopic (exact) mass is 330 g/mol. The van der Waals surface area contributed by atoms with Crippen LogP contribution in [0.3, 0.4) is 0 Å². The van der Waals surface area contributed by atoms with Gasteiger partial charge in [0.05, 0.1) is 0 Å². The van der Waals surface area contributed by atoms with Crippen LogP contribution in [0.4, 0.5) is 10.5 Å². The van der Waals surface area contributed by atoms with Gasteiger partial charge in [-0.2, -0.15) is 0 Å². The lowest BCUT2D eigenvalue weighted by Crippen LogP contribution is -2.51. The van der Waals surface area contributed by atoms with Gasteiger partial charge < -0.3 is 20.4 Å². The molecule has 2 aliphatic rings. The van der Waals surface area contributed by atoms with Gasteiger partial charge >= 0.3 is 6.03 Å². The number of anilines is 1. The number of carbonyl (C=O) groups excluding carboxylic acids is 1. The van der Waals surface area contributed by atoms with E-state index in [1.165, 1.54) is 12.1 Å². The van der Waals surface area contributed by atoms with Crippen LogP contribution in [0.15, 0.2) is 30.3 Å². The lowest BCUT2D eigenvalue weighted by atomic mass is 10.1. The quantitative estimate of drug-likeness (QED) is 0.871. The van der Waals surface area contributed by atoms with Crippen LogP contribution in [0.2, 0.25) is 0 Å². The third kappa shape index (κ3) is 4.63. The van der Waals surface area contributed by atoms with Crippen molar-refractivity contribution in [3.63, 3.8) is 0 Å². The van der Waals surface area contributed by atoms with Gasteiger partial charge in [0.25, 0.3) is 0 Å². The molecule has 132 valence electrons. The Labute approximate surface area is 145 Å². The Morgan fingerprint density at radius 3 is 2.79 bits per heavy atom. The van der Waals surface area contributed by atoms with Gasteiger partial charge in [0.15, 0.2) is 0 Å². The summed E-state index contributed by atoms with van der Waals surface area (Å²) in [6.45, 7) is 8.25. The number of piperidine rings is 1. The zero-order valence-corrected chi connectivity index (χ0v) is 14.7. The summed E-state index contributed by atoms with van der Waals surface area (Å²) in [5.41, 5.74) is 1.28. The SMILES string of the molecule is CCN1CCC[C@H](NC(=O)NC[C@@H]2CCN(c3ccccc3)C2)C1. The molecule has 2 N–H and O–H groups in total. The first-order valence-electron chi connectivity index (χ1n) is 9.31. The topological polar surface area (TPSA) is 47.6 Å². The standard InChI is InChI=1S/C19H30N4O/c1-2-22-11-6-7-17(15-22)21-19(24)20-13-16-10-12-23(14-16)18-8-4-3-5-9-18/h3-5,8-9,16-17H,2,6-7,10-15H2,1H3,(H2,20,21,24)/t16-,17-/m0/s1. The highest BCUT2D eigenvalue weighted by molar-refractivity contribution is 5.74. The molecule has 2 amide bonds. The summed E-state index contributed by atoms with van der Waals surface area (Å²) in [6, 6.07) is 10.8. The molecule has 1 aromatic carbocycles. The fourth-order valence-electron chi connectivity index (χ4n) is 3.81. The number of nitrogens with zero attached hydrogens (tertiary/aromatic N) is 2. The fraction of sp³-hybridized carbons (Fsp3) is 0.632. The summed E-state index contributed by atoms with van der Waals surface area (Å²) in [4.78, 5) is 17.0. The normalized spacial score (nSPS) is 24.8. The number of benzene rings is 1. The summed E-state index contributed by atoms with van der Waals surface area (Å²) < 4.78 is 0. The van der Waals surface area contributed by atoms with Crippen molar-refractivity contribution >= 4 is 11.7 Å². The summed E-state index contributed by atoms with van der Waals surface area (Å²) in [5.74, 6) is 0.537. The number of carbonyl (C=O) groups is 1. The zero-order valence-electron chi connectivity index (χ0n) is 14.7. The molecule has 0 unspecified atom stereocenters. The number of para-hydroxylation sites is 1. The first-order valence-corrected chi connectivity index (χ1v) is 9.31. The Kier molecular flexibility index (Phi) is 5.96. The summed E-state index contributed by atoms with van der Waals surface area (Å²) in [6.07, 6.45) is 3.41. The van der Waals surface area contributed by atoms with Crippen molar-refractivity contribution in [1.82, 2.24) is 15.5 Å². The zero-order chi connectivity index (χ0) is 16.8. The molecule has 2 saturated heterocycles. The minimum absolute atomic E-state index is 0.00360. The predicted molar refractivity (Wildman–Crippen MR) is 98.4 cm³/mol. The average molecular weight is 330 g/mol. The van der Waals surface area contributed by atoms with E-state index in [1.54, 1.807) is 0 Å². The maximum absolute atomic E-state index is 12.2. The maximum Gasteiger partial charge on any atom is 0.315 e. The minimum Gasteiger partial charge on any atom is -0.371 e. The van der Waals surface area contributed by atoms with Crippen LogP contribution in [0, 0.1) is 5.92 Å². The van der Waals surface area contributed by atoms with Gasteiger partial charge in [-0.25, -0.2) is 4.79 Å². The molecule has 1 aromatic rings. The van der Waals surface area contributed by atoms with Crippen LogP contribution in [-0.4, -0.2) is 56.2 Å². The lowest BCUT2D eigenvalue weighted by molar-refractivity contribution is 0.192. The molecule has 24 heavy (non-hydrogen) atoms. The second-order valence-corrected chi connectivity index (χ2v) is 7.02. The number of urea groups is 1. The average Bonchev–Trinajstić information content (AvgIpc) is 3.10. The van der Waals surface area contributed by atoms with E-state index < -0.39 is 0 Å². The van der Waals surface area contributed by atoms with Crippen LogP contribution in [-0.2, 0) is 0 Å². The minimum atomic E-state index is -0.00360. The van der Waals surface area contributed by atoms with Gasteiger partial charge in [-0.15, -0.1) is 0 Å². The van der Waals surface area contributed by atoms with Crippen LogP contribution < -0.4 is 15.5 Å². The Morgan fingerprint density at radius 2 is 2.00 bits per heavy atom. The van der Waals surface area contributed by atoms with Gasteiger partial charge in [0.2, 0.25) is 0 Å². The molecule has 2 atom stereocenters. The number of rotatable bonds is 5. The maximum atomic E-state index is 12.2. The lowest BCUT2D eigenvalue weighted by Gasteiger charge is -2.32. The first kappa shape index (κ1) is 17.1. The van der Waals surface area contributed by atoms with Gasteiger partial charge in [0.1, 0.15) is 0 Å². The molecule has 5 nitrogen and oxygen atoms in total. The first-order chi connectivity index (χ1) is 11.7. The van der Waals surface area contributed by atoms with Gasteiger partial charge in [0, 0.05) is 37.9 Å². The molecule has 2 fully saturated rings. The van der Waals surface area contributed by atoms with Crippen molar-refractivity contribution in [2.45, 2.75) is 32.2 Å². The van der Waals surface area contributed by atoms with E-state index >= 15 is 0 Å². The smallest absolute Gasteiger partial charge is 0.315 e. The van der Waals surface area contributed by atoms with Crippen molar-refractivity contribution in [3.05, 3.63) is 30.3 Å². The van der Waals surface area contributed by atoms with Crippen molar-refractivity contribution in [2.24, 2.45) is 5.92 Å². The van der Waals surface area contributed by atoms with Gasteiger partial charge in [-0.05, 0) is 50.4 Å². The number of nitrogens with one attached hydrogen (secondary N) is 2. The molecular weight excluding hydrogens is 300 g/mol. The van der Waals surface area contributed by atoms with Gasteiger partial charge in [-0.1, -0.05) is 25.1 Å². The van der Waals surface area contributed by atoms with E-state index in [0.717, 1.165) is 52.1 Å². The third-order valence-corrected chi connectivity index (χ3v) is 5.25. The van der Waals surface area contributed by atoms with Crippen molar-refractivity contribution in [2.75, 3.05) is 44.2 Å². The Hall–Kier alpha value is -1.75. The molecule has 0 bridgehead atoms. The van der Waals surface area contributed by atoms with Crippen LogP contribution in [0.25, 0.3) is 0 Å². The van der Waals surface area contributed by atoms with Crippen LogP contribution in [0.1, 0.15) is 26.2 Å². The largest absolute Gasteiger partial charge is 0.371 e. The third-order valence-electron chi connectivity index (χ3n) is 5.25. The Morgan fingerprint density at radius 1 is 1.17 bits per heavy atom. The van der Waals surface area contributed by atoms with E-state index in [4.69, 9.17) is 0 Å². The predicted octanol–water partition coefficient (Wildman–Crippen LogP) is 2.30. The molecule has 0 saturated carbocycles. The Bertz CT molecular complexity index is 521. The van der Waals surface area contributed by atoms with E-state index in [9.17, 15) is 4.79 Å². The van der Waals surface area contributed by atoms with Crippen molar-refractivity contribution < 1.29 is 4.79 Å². The number of hydrogen-bond acceptors (Lipinski definition) is 3. The highest BCUT2D eigenvalue weighted by Gasteiger charge is 2.24. The summed E-state index contributed by atoms with van der Waals surface area (Å²) >= 11 is 0. The molecule has 0 spiro atoms. The Balaban J connectivity index is 1.38. The number of hydrogen-bond donors (Lipinski definition) is 2. The second kappa shape index (κ2) is 8.38. The van der Waals surface area contributed by atoms with E-state index in [1.807, 2.05) is 6.07 Å². The highest BCUT2D eigenvalue weighted by Crippen LogP contribution is 2.22. The van der Waals surface area contributed by atoms with E-state index in [2.05, 4.69) is 51.6 Å². The highest BCUT2D eigenvalue weighted by atomic mass is 16.2. The second-order valence-electron chi connectivity index (χ2n) is 7.02. The molecule has 3 rings (SSSR count). The molecule has 0 aromatic heterocycles.